The van der Waals surface area contributed by atoms with E-state index in [0.29, 0.717) is 0 Å². The van der Waals surface area contributed by atoms with E-state index in [1.165, 1.54) is 45.3 Å². The first-order chi connectivity index (χ1) is 15.8. The molecular formula is C30H38GeO. The molecule has 0 heterocycles. The van der Waals surface area contributed by atoms with Crippen LogP contribution >= 0.6 is 0 Å². The normalized spacial score (nSPS) is 12.8. The van der Waals surface area contributed by atoms with Gasteiger partial charge in [-0.15, -0.1) is 0 Å². The van der Waals surface area contributed by atoms with Crippen molar-refractivity contribution in [2.75, 3.05) is 0 Å². The third kappa shape index (κ3) is 6.70. The van der Waals surface area contributed by atoms with Crippen molar-refractivity contribution in [3.8, 4) is 0 Å². The molecule has 32 heavy (non-hydrogen) atoms. The molecule has 0 fully saturated rings. The molecule has 1 N–H and O–H groups in total. The van der Waals surface area contributed by atoms with E-state index in [4.69, 9.17) is 0 Å². The summed E-state index contributed by atoms with van der Waals surface area (Å²) in [7, 11) is 0. The van der Waals surface area contributed by atoms with Crippen molar-refractivity contribution in [3.05, 3.63) is 103 Å². The Hall–Kier alpha value is -2.10. The van der Waals surface area contributed by atoms with Crippen LogP contribution in [0.25, 0.3) is 0 Å². The van der Waals surface area contributed by atoms with E-state index < -0.39 is 13.3 Å². The van der Waals surface area contributed by atoms with Gasteiger partial charge in [0.1, 0.15) is 0 Å². The predicted molar refractivity (Wildman–Crippen MR) is 142 cm³/mol. The number of rotatable bonds is 13. The zero-order valence-corrected chi connectivity index (χ0v) is 21.6. The predicted octanol–water partition coefficient (Wildman–Crippen LogP) is 5.82. The Labute approximate surface area is 197 Å². The molecule has 3 aromatic carbocycles. The third-order valence-electron chi connectivity index (χ3n) is 6.44. The van der Waals surface area contributed by atoms with E-state index in [9.17, 15) is 5.11 Å². The average molecular weight is 487 g/mol. The first-order valence-electron chi connectivity index (χ1n) is 12.3. The second-order valence-electron chi connectivity index (χ2n) is 8.76. The summed E-state index contributed by atoms with van der Waals surface area (Å²) in [6.07, 6.45) is 12.4. The molecule has 0 saturated carbocycles. The molecule has 0 aromatic heterocycles. The van der Waals surface area contributed by atoms with E-state index in [2.05, 4.69) is 110 Å². The number of benzene rings is 3. The van der Waals surface area contributed by atoms with Crippen LogP contribution in [0.4, 0.5) is 0 Å². The van der Waals surface area contributed by atoms with Gasteiger partial charge in [0.2, 0.25) is 0 Å². The standard InChI is InChI=1S/C30H38GeO/c1-2-3-4-5-6-16-24-30(32)25-17-26-31(27-18-10-7-11-19-27,28-20-12-8-13-21-28)29-22-14-9-15-23-29/h7-15,17-23,25,30,32H,2-6,16,24,26H2,1H3/b25-17+. The number of unbranched alkanes of at least 4 members (excludes halogenated alkanes) is 5. The van der Waals surface area contributed by atoms with Gasteiger partial charge in [0, 0.05) is 0 Å². The fourth-order valence-electron chi connectivity index (χ4n) is 4.65. The topological polar surface area (TPSA) is 20.2 Å². The Kier molecular flexibility index (Phi) is 10.3. The van der Waals surface area contributed by atoms with Crippen molar-refractivity contribution in [2.24, 2.45) is 0 Å². The first kappa shape index (κ1) is 24.5. The maximum absolute atomic E-state index is 10.6. The molecule has 0 amide bonds. The van der Waals surface area contributed by atoms with Gasteiger partial charge in [-0.2, -0.15) is 0 Å². The number of aliphatic hydroxyl groups is 1. The van der Waals surface area contributed by atoms with Gasteiger partial charge in [-0.25, -0.2) is 0 Å². The molecule has 0 aliphatic carbocycles. The van der Waals surface area contributed by atoms with E-state index in [0.717, 1.165) is 18.1 Å². The van der Waals surface area contributed by atoms with Crippen molar-refractivity contribution in [3.63, 3.8) is 0 Å². The Morgan fingerprint density at radius 1 is 0.656 bits per heavy atom. The summed E-state index contributed by atoms with van der Waals surface area (Å²) in [5, 5.41) is 11.6. The molecule has 0 saturated heterocycles. The molecule has 3 aromatic rings. The van der Waals surface area contributed by atoms with E-state index in [-0.39, 0.29) is 6.10 Å². The molecule has 1 atom stereocenters. The van der Waals surface area contributed by atoms with Gasteiger partial charge >= 0.3 is 198 Å². The molecular weight excluding hydrogens is 449 g/mol. The molecule has 0 radical (unpaired) electrons. The molecule has 0 spiro atoms. The number of hydrogen-bond acceptors (Lipinski definition) is 1. The van der Waals surface area contributed by atoms with Gasteiger partial charge in [0.05, 0.1) is 0 Å². The van der Waals surface area contributed by atoms with Crippen LogP contribution in [0.3, 0.4) is 0 Å². The van der Waals surface area contributed by atoms with Crippen molar-refractivity contribution in [1.29, 1.82) is 0 Å². The van der Waals surface area contributed by atoms with Crippen molar-refractivity contribution in [2.45, 2.75) is 63.2 Å². The van der Waals surface area contributed by atoms with E-state index in [1.807, 2.05) is 0 Å². The Bertz CT molecular complexity index is 809. The molecule has 3 rings (SSSR count). The van der Waals surface area contributed by atoms with Gasteiger partial charge in [-0.1, -0.05) is 0 Å². The number of aliphatic hydroxyl groups excluding tert-OH is 1. The molecule has 2 heteroatoms. The van der Waals surface area contributed by atoms with Gasteiger partial charge in [0.25, 0.3) is 0 Å². The first-order valence-corrected chi connectivity index (χ1v) is 16.9. The van der Waals surface area contributed by atoms with Crippen LogP contribution < -0.4 is 13.2 Å². The van der Waals surface area contributed by atoms with Crippen LogP contribution in [-0.2, 0) is 0 Å². The fourth-order valence-corrected chi connectivity index (χ4v) is 14.1. The van der Waals surface area contributed by atoms with Crippen molar-refractivity contribution < 1.29 is 5.11 Å². The maximum atomic E-state index is 10.6. The number of hydrogen-bond donors (Lipinski definition) is 1. The van der Waals surface area contributed by atoms with Gasteiger partial charge in [-0.3, -0.25) is 0 Å². The summed E-state index contributed by atoms with van der Waals surface area (Å²) in [6, 6.07) is 33.1. The molecule has 0 aliphatic rings. The summed E-state index contributed by atoms with van der Waals surface area (Å²) in [5.74, 6) is 0. The molecule has 0 aliphatic heterocycles. The van der Waals surface area contributed by atoms with Crippen LogP contribution in [0.15, 0.2) is 103 Å². The van der Waals surface area contributed by atoms with Crippen LogP contribution in [0.5, 0.6) is 0 Å². The van der Waals surface area contributed by atoms with Gasteiger partial charge in [-0.05, 0) is 0 Å². The fraction of sp³-hybridized carbons (Fsp3) is 0.333. The third-order valence-corrected chi connectivity index (χ3v) is 16.5. The van der Waals surface area contributed by atoms with Crippen LogP contribution in [-0.4, -0.2) is 24.5 Å². The van der Waals surface area contributed by atoms with E-state index in [1.54, 1.807) is 0 Å². The molecule has 1 nitrogen and oxygen atoms in total. The average Bonchev–Trinajstić information content (AvgIpc) is 2.86. The zero-order valence-electron chi connectivity index (χ0n) is 19.5. The molecule has 0 bridgehead atoms. The van der Waals surface area contributed by atoms with Gasteiger partial charge in [0.15, 0.2) is 0 Å². The summed E-state index contributed by atoms with van der Waals surface area (Å²) in [5.41, 5.74) is 0. The second-order valence-corrected chi connectivity index (χ2v) is 17.0. The molecule has 168 valence electrons. The quantitative estimate of drug-likeness (QED) is 0.183. The monoisotopic (exact) mass is 488 g/mol. The summed E-state index contributed by atoms with van der Waals surface area (Å²) in [4.78, 5) is 0. The minimum atomic E-state index is -2.92. The van der Waals surface area contributed by atoms with Crippen LogP contribution in [0.2, 0.25) is 5.25 Å². The van der Waals surface area contributed by atoms with Crippen molar-refractivity contribution in [1.82, 2.24) is 0 Å². The summed E-state index contributed by atoms with van der Waals surface area (Å²) >= 11 is -2.92. The van der Waals surface area contributed by atoms with Crippen LogP contribution in [0, 0.1) is 0 Å². The van der Waals surface area contributed by atoms with Gasteiger partial charge < -0.3 is 0 Å². The SMILES string of the molecule is CCCCCCCCC(O)/C=C/[CH2][Ge]([c]1ccccc1)([c]1ccccc1)[c]1ccccc1. The summed E-state index contributed by atoms with van der Waals surface area (Å²) in [6.45, 7) is 2.25. The van der Waals surface area contributed by atoms with E-state index >= 15 is 0 Å². The van der Waals surface area contributed by atoms with Crippen molar-refractivity contribution >= 4 is 26.5 Å². The zero-order chi connectivity index (χ0) is 22.5. The Morgan fingerprint density at radius 3 is 1.56 bits per heavy atom. The minimum absolute atomic E-state index is 0.344. The summed E-state index contributed by atoms with van der Waals surface area (Å²) < 4.78 is 4.37. The Morgan fingerprint density at radius 2 is 1.09 bits per heavy atom. The second kappa shape index (κ2) is 13.5. The Balaban J connectivity index is 1.82. The molecule has 1 unspecified atom stereocenters. The number of allylic oxidation sites excluding steroid dienone is 1. The van der Waals surface area contributed by atoms with Crippen LogP contribution in [0.1, 0.15) is 51.9 Å².